The number of nitrogens with one attached hydrogen (secondary N) is 5. The SMILES string of the molecule is C=C1N[C@H]2[C@H](CS[C@H]2CCCCC(=O)NCCCOCCOCCOCCCNC(=O)CCCC(=O)NCCCON(C)C(C)(C)C)N1. The van der Waals surface area contributed by atoms with Gasteiger partial charge in [0.15, 0.2) is 0 Å². The Hall–Kier alpha value is -2.10. The lowest BCUT2D eigenvalue weighted by molar-refractivity contribution is -0.191. The summed E-state index contributed by atoms with van der Waals surface area (Å²) in [5.41, 5.74) is -0.0603. The van der Waals surface area contributed by atoms with Crippen molar-refractivity contribution in [1.29, 1.82) is 0 Å². The van der Waals surface area contributed by atoms with Crippen LogP contribution in [0.15, 0.2) is 12.4 Å². The molecule has 14 heteroatoms. The van der Waals surface area contributed by atoms with Crippen LogP contribution in [0.2, 0.25) is 0 Å². The molecule has 3 amide bonds. The Labute approximate surface area is 293 Å². The average molecular weight is 701 g/mol. The first-order chi connectivity index (χ1) is 23.1. The van der Waals surface area contributed by atoms with Gasteiger partial charge in [0, 0.05) is 75.7 Å². The third-order valence-electron chi connectivity index (χ3n) is 8.17. The number of fused-ring (bicyclic) bond motifs is 1. The van der Waals surface area contributed by atoms with Gasteiger partial charge in [0.1, 0.15) is 0 Å². The Morgan fingerprint density at radius 3 is 1.79 bits per heavy atom. The molecule has 0 unspecified atom stereocenters. The van der Waals surface area contributed by atoms with Crippen LogP contribution < -0.4 is 26.6 Å². The summed E-state index contributed by atoms with van der Waals surface area (Å²) >= 11 is 2.01. The normalized spacial score (nSPS) is 18.8. The molecule has 0 bridgehead atoms. The number of rotatable bonds is 28. The summed E-state index contributed by atoms with van der Waals surface area (Å²) in [7, 11) is 1.90. The smallest absolute Gasteiger partial charge is 0.220 e. The van der Waals surface area contributed by atoms with Crippen LogP contribution in [0.25, 0.3) is 0 Å². The minimum atomic E-state index is -0.0603. The molecule has 5 N–H and O–H groups in total. The first-order valence-corrected chi connectivity index (χ1v) is 18.8. The molecule has 2 aliphatic heterocycles. The highest BCUT2D eigenvalue weighted by Gasteiger charge is 2.40. The summed E-state index contributed by atoms with van der Waals surface area (Å²) < 4.78 is 16.6. The maximum absolute atomic E-state index is 12.1. The van der Waals surface area contributed by atoms with Crippen LogP contribution in [0.5, 0.6) is 0 Å². The van der Waals surface area contributed by atoms with E-state index < -0.39 is 0 Å². The fourth-order valence-corrected chi connectivity index (χ4v) is 6.64. The van der Waals surface area contributed by atoms with Crippen LogP contribution in [0.1, 0.15) is 85.0 Å². The molecule has 3 atom stereocenters. The Morgan fingerprint density at radius 1 is 0.750 bits per heavy atom. The Kier molecular flexibility index (Phi) is 21.9. The van der Waals surface area contributed by atoms with Gasteiger partial charge in [-0.2, -0.15) is 16.8 Å². The molecule has 0 spiro atoms. The lowest BCUT2D eigenvalue weighted by atomic mass is 10.0. The van der Waals surface area contributed by atoms with Gasteiger partial charge in [-0.15, -0.1) is 0 Å². The van der Waals surface area contributed by atoms with E-state index in [9.17, 15) is 14.4 Å². The van der Waals surface area contributed by atoms with E-state index in [-0.39, 0.29) is 23.3 Å². The summed E-state index contributed by atoms with van der Waals surface area (Å²) in [6.07, 6.45) is 7.08. The molecule has 2 fully saturated rings. The second kappa shape index (κ2) is 24.9. The van der Waals surface area contributed by atoms with E-state index >= 15 is 0 Å². The quantitative estimate of drug-likeness (QED) is 0.0605. The molecule has 2 rings (SSSR count). The number of unbranched alkanes of at least 4 members (excludes halogenated alkanes) is 1. The molecule has 0 radical (unpaired) electrons. The summed E-state index contributed by atoms with van der Waals surface area (Å²) in [5.74, 6) is 2.07. The molecular formula is C34H64N6O7S. The summed E-state index contributed by atoms with van der Waals surface area (Å²) in [4.78, 5) is 41.6. The number of hydrogen-bond acceptors (Lipinski definition) is 11. The van der Waals surface area contributed by atoms with Crippen LogP contribution >= 0.6 is 11.8 Å². The average Bonchev–Trinajstić information content (AvgIpc) is 3.59. The van der Waals surface area contributed by atoms with Crippen LogP contribution in [-0.4, -0.2) is 124 Å². The van der Waals surface area contributed by atoms with Crippen LogP contribution in [0.3, 0.4) is 0 Å². The van der Waals surface area contributed by atoms with E-state index in [1.807, 2.05) is 23.9 Å². The molecule has 0 aromatic rings. The second-order valence-electron chi connectivity index (χ2n) is 13.3. The van der Waals surface area contributed by atoms with Gasteiger partial charge in [-0.05, 0) is 59.3 Å². The van der Waals surface area contributed by atoms with Crippen LogP contribution in [0, 0.1) is 0 Å². The van der Waals surface area contributed by atoms with Crippen molar-refractivity contribution >= 4 is 29.5 Å². The number of carbonyl (C=O) groups excluding carboxylic acids is 3. The number of hydroxylamine groups is 2. The largest absolute Gasteiger partial charge is 0.379 e. The summed E-state index contributed by atoms with van der Waals surface area (Å²) in [6, 6.07) is 0.971. The van der Waals surface area contributed by atoms with Crippen LogP contribution in [0.4, 0.5) is 0 Å². The zero-order valence-corrected chi connectivity index (χ0v) is 30.8. The molecule has 2 saturated heterocycles. The maximum Gasteiger partial charge on any atom is 0.220 e. The van der Waals surface area contributed by atoms with E-state index in [0.717, 1.165) is 43.7 Å². The van der Waals surface area contributed by atoms with Crippen molar-refractivity contribution < 1.29 is 33.4 Å². The number of hydrogen-bond donors (Lipinski definition) is 5. The van der Waals surface area contributed by atoms with Gasteiger partial charge in [0.2, 0.25) is 17.7 Å². The first-order valence-electron chi connectivity index (χ1n) is 17.8. The number of carbonyl (C=O) groups is 3. The first kappa shape index (κ1) is 42.1. The standard InChI is InChI=1S/C34H64N6O7S/c1-27-38-28-26-48-29(33(28)39-27)12-6-7-13-30(41)35-16-9-19-44-22-24-46-25-23-45-20-10-17-36-31(42)14-8-15-32(43)37-18-11-21-47-40(5)34(2,3)4/h28-29,33,38-39H,1,6-26H2,2-5H3,(H,35,41)(H,36,42)(H,37,43)/t28-,29-,33-/m0/s1. The predicted octanol–water partition coefficient (Wildman–Crippen LogP) is 2.46. The molecule has 2 heterocycles. The van der Waals surface area contributed by atoms with Crippen molar-refractivity contribution in [3.63, 3.8) is 0 Å². The summed E-state index contributed by atoms with van der Waals surface area (Å²) in [6.45, 7) is 15.5. The molecule has 0 aromatic heterocycles. The highest BCUT2D eigenvalue weighted by Crippen LogP contribution is 2.34. The van der Waals surface area contributed by atoms with E-state index in [1.165, 1.54) is 0 Å². The molecule has 0 saturated carbocycles. The highest BCUT2D eigenvalue weighted by molar-refractivity contribution is 8.00. The lowest BCUT2D eigenvalue weighted by Crippen LogP contribution is -2.38. The second-order valence-corrected chi connectivity index (χ2v) is 14.6. The molecule has 48 heavy (non-hydrogen) atoms. The molecule has 2 aliphatic rings. The predicted molar refractivity (Wildman–Crippen MR) is 190 cm³/mol. The van der Waals surface area contributed by atoms with Crippen molar-refractivity contribution in [2.75, 3.05) is 78.7 Å². The van der Waals surface area contributed by atoms with Gasteiger partial charge in [0.05, 0.1) is 50.9 Å². The zero-order valence-electron chi connectivity index (χ0n) is 30.0. The highest BCUT2D eigenvalue weighted by atomic mass is 32.2. The van der Waals surface area contributed by atoms with Gasteiger partial charge < -0.3 is 40.8 Å². The Bertz CT molecular complexity index is 938. The Morgan fingerprint density at radius 2 is 1.25 bits per heavy atom. The third-order valence-corrected chi connectivity index (χ3v) is 9.68. The molecule has 0 aromatic carbocycles. The summed E-state index contributed by atoms with van der Waals surface area (Å²) in [5, 5.41) is 18.0. The number of nitrogens with zero attached hydrogens (tertiary/aromatic N) is 1. The number of amides is 3. The fraction of sp³-hybridized carbons (Fsp3) is 0.853. The number of ether oxygens (including phenoxy) is 3. The third kappa shape index (κ3) is 19.8. The van der Waals surface area contributed by atoms with Crippen molar-refractivity contribution in [3.8, 4) is 0 Å². The monoisotopic (exact) mass is 700 g/mol. The van der Waals surface area contributed by atoms with E-state index in [1.54, 1.807) is 0 Å². The minimum Gasteiger partial charge on any atom is -0.379 e. The molecule has 13 nitrogen and oxygen atoms in total. The fourth-order valence-electron chi connectivity index (χ4n) is 5.10. The van der Waals surface area contributed by atoms with E-state index in [2.05, 4.69) is 53.9 Å². The van der Waals surface area contributed by atoms with E-state index in [4.69, 9.17) is 19.0 Å². The van der Waals surface area contributed by atoms with Gasteiger partial charge in [-0.1, -0.05) is 13.0 Å². The van der Waals surface area contributed by atoms with Crippen molar-refractivity contribution in [2.24, 2.45) is 0 Å². The molecular weight excluding hydrogens is 636 g/mol. The number of thioether (sulfide) groups is 1. The molecule has 0 aliphatic carbocycles. The van der Waals surface area contributed by atoms with Crippen molar-refractivity contribution in [1.82, 2.24) is 31.6 Å². The van der Waals surface area contributed by atoms with Crippen molar-refractivity contribution in [2.45, 2.75) is 108 Å². The van der Waals surface area contributed by atoms with E-state index in [0.29, 0.717) is 115 Å². The lowest BCUT2D eigenvalue weighted by Gasteiger charge is -2.30. The minimum absolute atomic E-state index is 0.0455. The van der Waals surface area contributed by atoms with Gasteiger partial charge >= 0.3 is 0 Å². The van der Waals surface area contributed by atoms with Gasteiger partial charge in [0.25, 0.3) is 0 Å². The van der Waals surface area contributed by atoms with Crippen molar-refractivity contribution in [3.05, 3.63) is 12.4 Å². The maximum atomic E-state index is 12.1. The Balaban J connectivity index is 1.25. The molecule has 278 valence electrons. The zero-order chi connectivity index (χ0) is 35.0. The van der Waals surface area contributed by atoms with Gasteiger partial charge in [-0.25, -0.2) is 0 Å². The van der Waals surface area contributed by atoms with Crippen LogP contribution in [-0.2, 0) is 33.4 Å². The topological polar surface area (TPSA) is 152 Å². The van der Waals surface area contributed by atoms with Gasteiger partial charge in [-0.3, -0.25) is 19.2 Å².